The normalized spacial score (nSPS) is 23.2. The molecule has 118 valence electrons. The van der Waals surface area contributed by atoms with Crippen molar-refractivity contribution in [3.05, 3.63) is 21.9 Å². The molecule has 2 heterocycles. The highest BCUT2D eigenvalue weighted by Crippen LogP contribution is 2.22. The third kappa shape index (κ3) is 4.53. The van der Waals surface area contributed by atoms with E-state index in [1.807, 2.05) is 0 Å². The summed E-state index contributed by atoms with van der Waals surface area (Å²) >= 11 is 1.76. The van der Waals surface area contributed by atoms with Crippen molar-refractivity contribution in [3.8, 4) is 0 Å². The first-order valence-corrected chi connectivity index (χ1v) is 8.64. The smallest absolute Gasteiger partial charge is 0.234 e. The molecule has 0 aliphatic carbocycles. The number of amides is 1. The number of piperidine rings is 1. The van der Waals surface area contributed by atoms with Gasteiger partial charge in [-0.3, -0.25) is 9.69 Å². The van der Waals surface area contributed by atoms with Crippen LogP contribution < -0.4 is 5.32 Å². The summed E-state index contributed by atoms with van der Waals surface area (Å²) in [7, 11) is 0. The summed E-state index contributed by atoms with van der Waals surface area (Å²) in [6, 6.07) is 4.33. The quantitative estimate of drug-likeness (QED) is 0.845. The fourth-order valence-corrected chi connectivity index (χ4v) is 3.86. The van der Waals surface area contributed by atoms with E-state index < -0.39 is 0 Å². The second-order valence-corrected chi connectivity index (χ2v) is 7.09. The standard InChI is InChI=1S/C16H26N2O2S/c1-3-13-6-7-14(21-13)9-17-16(20)10-18-8-4-5-12(2)15(18)11-19/h6-7,12,15,19H,3-5,8-11H2,1-2H3,(H,17,20). The number of likely N-dealkylation sites (tertiary alicyclic amines) is 1. The maximum absolute atomic E-state index is 12.1. The lowest BCUT2D eigenvalue weighted by Crippen LogP contribution is -2.50. The average molecular weight is 310 g/mol. The Labute approximate surface area is 131 Å². The van der Waals surface area contributed by atoms with Gasteiger partial charge in [-0.2, -0.15) is 0 Å². The number of aryl methyl sites for hydroxylation is 1. The number of carbonyl (C=O) groups excluding carboxylic acids is 1. The second-order valence-electron chi connectivity index (χ2n) is 5.84. The predicted octanol–water partition coefficient (Wildman–Crippen LogP) is 2.02. The van der Waals surface area contributed by atoms with E-state index in [0.29, 0.717) is 19.0 Å². The monoisotopic (exact) mass is 310 g/mol. The largest absolute Gasteiger partial charge is 0.395 e. The van der Waals surface area contributed by atoms with Crippen molar-refractivity contribution in [1.82, 2.24) is 10.2 Å². The van der Waals surface area contributed by atoms with Crippen LogP contribution >= 0.6 is 11.3 Å². The Morgan fingerprint density at radius 1 is 1.48 bits per heavy atom. The van der Waals surface area contributed by atoms with Gasteiger partial charge < -0.3 is 10.4 Å². The molecule has 1 amide bonds. The van der Waals surface area contributed by atoms with E-state index in [-0.39, 0.29) is 18.6 Å². The molecule has 0 bridgehead atoms. The number of aliphatic hydroxyl groups excluding tert-OH is 1. The summed E-state index contributed by atoms with van der Waals surface area (Å²) in [6.07, 6.45) is 3.29. The van der Waals surface area contributed by atoms with E-state index in [0.717, 1.165) is 25.8 Å². The van der Waals surface area contributed by atoms with Crippen LogP contribution in [0.1, 0.15) is 36.4 Å². The third-order valence-electron chi connectivity index (χ3n) is 4.29. The molecule has 0 aromatic carbocycles. The number of aliphatic hydroxyl groups is 1. The number of carbonyl (C=O) groups is 1. The van der Waals surface area contributed by atoms with Crippen LogP contribution in [0.3, 0.4) is 0 Å². The lowest BCUT2D eigenvalue weighted by atomic mass is 9.91. The molecular weight excluding hydrogens is 284 g/mol. The Morgan fingerprint density at radius 3 is 2.90 bits per heavy atom. The summed E-state index contributed by atoms with van der Waals surface area (Å²) in [6.45, 7) is 6.34. The van der Waals surface area contributed by atoms with Crippen LogP contribution in [0.25, 0.3) is 0 Å². The van der Waals surface area contributed by atoms with Gasteiger partial charge in [0.25, 0.3) is 0 Å². The van der Waals surface area contributed by atoms with Crippen molar-refractivity contribution in [2.24, 2.45) is 5.92 Å². The van der Waals surface area contributed by atoms with Crippen molar-refractivity contribution < 1.29 is 9.90 Å². The molecule has 1 saturated heterocycles. The van der Waals surface area contributed by atoms with E-state index in [4.69, 9.17) is 0 Å². The van der Waals surface area contributed by atoms with Crippen molar-refractivity contribution in [2.45, 2.75) is 45.7 Å². The van der Waals surface area contributed by atoms with E-state index in [9.17, 15) is 9.90 Å². The van der Waals surface area contributed by atoms with Crippen molar-refractivity contribution in [1.29, 1.82) is 0 Å². The highest BCUT2D eigenvalue weighted by molar-refractivity contribution is 7.11. The average Bonchev–Trinajstić information content (AvgIpc) is 2.93. The van der Waals surface area contributed by atoms with Crippen LogP contribution in [0, 0.1) is 5.92 Å². The summed E-state index contributed by atoms with van der Waals surface area (Å²) in [4.78, 5) is 16.8. The number of nitrogens with one attached hydrogen (secondary N) is 1. The summed E-state index contributed by atoms with van der Waals surface area (Å²) in [5.74, 6) is 0.509. The van der Waals surface area contributed by atoms with Gasteiger partial charge in [0, 0.05) is 15.8 Å². The highest BCUT2D eigenvalue weighted by atomic mass is 32.1. The molecule has 0 radical (unpaired) electrons. The van der Waals surface area contributed by atoms with Crippen LogP contribution in [-0.2, 0) is 17.8 Å². The zero-order valence-electron chi connectivity index (χ0n) is 13.0. The summed E-state index contributed by atoms with van der Waals surface area (Å²) in [5, 5.41) is 12.5. The molecule has 5 heteroatoms. The van der Waals surface area contributed by atoms with Crippen LogP contribution in [-0.4, -0.2) is 41.7 Å². The summed E-state index contributed by atoms with van der Waals surface area (Å²) in [5.41, 5.74) is 0. The van der Waals surface area contributed by atoms with Gasteiger partial charge in [0.2, 0.25) is 5.91 Å². The number of rotatable bonds is 6. The molecule has 1 aromatic rings. The fraction of sp³-hybridized carbons (Fsp3) is 0.688. The fourth-order valence-electron chi connectivity index (χ4n) is 2.96. The lowest BCUT2D eigenvalue weighted by molar-refractivity contribution is -0.124. The minimum Gasteiger partial charge on any atom is -0.395 e. The van der Waals surface area contributed by atoms with Gasteiger partial charge in [-0.05, 0) is 43.9 Å². The van der Waals surface area contributed by atoms with Crippen molar-refractivity contribution in [2.75, 3.05) is 19.7 Å². The van der Waals surface area contributed by atoms with E-state index in [1.54, 1.807) is 11.3 Å². The van der Waals surface area contributed by atoms with Gasteiger partial charge in [-0.25, -0.2) is 0 Å². The van der Waals surface area contributed by atoms with Gasteiger partial charge in [-0.1, -0.05) is 13.8 Å². The first kappa shape index (κ1) is 16.5. The maximum atomic E-state index is 12.1. The Bertz CT molecular complexity index is 461. The number of nitrogens with zero attached hydrogens (tertiary/aromatic N) is 1. The Kier molecular flexibility index (Phi) is 6.21. The number of hydrogen-bond acceptors (Lipinski definition) is 4. The lowest BCUT2D eigenvalue weighted by Gasteiger charge is -2.38. The Morgan fingerprint density at radius 2 is 2.24 bits per heavy atom. The van der Waals surface area contributed by atoms with Crippen LogP contribution in [0.4, 0.5) is 0 Å². The van der Waals surface area contributed by atoms with E-state index in [2.05, 4.69) is 36.2 Å². The Hall–Kier alpha value is -0.910. The molecule has 1 aromatic heterocycles. The summed E-state index contributed by atoms with van der Waals surface area (Å²) < 4.78 is 0. The molecule has 4 nitrogen and oxygen atoms in total. The molecule has 2 rings (SSSR count). The second kappa shape index (κ2) is 7.92. The molecule has 2 N–H and O–H groups in total. The van der Waals surface area contributed by atoms with Crippen molar-refractivity contribution in [3.63, 3.8) is 0 Å². The minimum atomic E-state index is 0.0500. The minimum absolute atomic E-state index is 0.0500. The van der Waals surface area contributed by atoms with E-state index >= 15 is 0 Å². The number of hydrogen-bond donors (Lipinski definition) is 2. The maximum Gasteiger partial charge on any atom is 0.234 e. The molecule has 2 unspecified atom stereocenters. The Balaban J connectivity index is 1.80. The molecule has 2 atom stereocenters. The molecule has 0 saturated carbocycles. The van der Waals surface area contributed by atoms with Crippen LogP contribution in [0.2, 0.25) is 0 Å². The molecule has 1 aliphatic heterocycles. The zero-order valence-corrected chi connectivity index (χ0v) is 13.8. The highest BCUT2D eigenvalue weighted by Gasteiger charge is 2.28. The molecular formula is C16H26N2O2S. The van der Waals surface area contributed by atoms with Crippen LogP contribution in [0.15, 0.2) is 12.1 Å². The molecule has 0 spiro atoms. The third-order valence-corrected chi connectivity index (χ3v) is 5.52. The van der Waals surface area contributed by atoms with Gasteiger partial charge >= 0.3 is 0 Å². The SMILES string of the molecule is CCc1ccc(CNC(=O)CN2CCCC(C)C2CO)s1. The molecule has 1 aliphatic rings. The predicted molar refractivity (Wildman–Crippen MR) is 86.4 cm³/mol. The number of thiophene rings is 1. The first-order valence-electron chi connectivity index (χ1n) is 7.83. The van der Waals surface area contributed by atoms with Gasteiger partial charge in [0.15, 0.2) is 0 Å². The topological polar surface area (TPSA) is 52.6 Å². The molecule has 21 heavy (non-hydrogen) atoms. The zero-order chi connectivity index (χ0) is 15.2. The first-order chi connectivity index (χ1) is 10.1. The molecule has 1 fully saturated rings. The van der Waals surface area contributed by atoms with E-state index in [1.165, 1.54) is 9.75 Å². The van der Waals surface area contributed by atoms with Gasteiger partial charge in [-0.15, -0.1) is 11.3 Å². The van der Waals surface area contributed by atoms with Crippen LogP contribution in [0.5, 0.6) is 0 Å². The van der Waals surface area contributed by atoms with Crippen molar-refractivity contribution >= 4 is 17.2 Å². The van der Waals surface area contributed by atoms with Gasteiger partial charge in [0.05, 0.1) is 19.7 Å². The van der Waals surface area contributed by atoms with Gasteiger partial charge in [0.1, 0.15) is 0 Å².